The summed E-state index contributed by atoms with van der Waals surface area (Å²) < 4.78 is 5.45. The molecule has 0 aliphatic carbocycles. The van der Waals surface area contributed by atoms with Gasteiger partial charge in [0.25, 0.3) is 0 Å². The number of aromatic nitrogens is 3. The molecule has 0 saturated carbocycles. The van der Waals surface area contributed by atoms with Crippen LogP contribution in [0.25, 0.3) is 5.69 Å². The Kier molecular flexibility index (Phi) is 3.40. The lowest BCUT2D eigenvalue weighted by molar-refractivity contribution is 0.0587. The predicted octanol–water partition coefficient (Wildman–Crippen LogP) is 1.65. The lowest BCUT2D eigenvalue weighted by atomic mass is 10.3. The molecular formula is C10H7Cl2N3O3. The van der Waals surface area contributed by atoms with Crippen molar-refractivity contribution in [3.8, 4) is 5.69 Å². The molecule has 0 saturated heterocycles. The minimum absolute atomic E-state index is 0.187. The largest absolute Gasteiger partial charge is 0.463 e. The molecule has 2 aromatic rings. The topological polar surface area (TPSA) is 77.0 Å². The highest BCUT2D eigenvalue weighted by atomic mass is 35.5. The quantitative estimate of drug-likeness (QED) is 0.852. The average Bonchev–Trinajstić information content (AvgIpc) is 2.74. The number of rotatable bonds is 2. The van der Waals surface area contributed by atoms with Gasteiger partial charge in [0.1, 0.15) is 0 Å². The second-order valence-corrected chi connectivity index (χ2v) is 4.09. The Balaban J connectivity index is 2.51. The van der Waals surface area contributed by atoms with Crippen molar-refractivity contribution in [1.29, 1.82) is 0 Å². The summed E-state index contributed by atoms with van der Waals surface area (Å²) in [5.74, 6) is -0.917. The van der Waals surface area contributed by atoms with Gasteiger partial charge < -0.3 is 4.74 Å². The molecular weight excluding hydrogens is 281 g/mol. The maximum absolute atomic E-state index is 11.6. The van der Waals surface area contributed by atoms with Gasteiger partial charge in [-0.1, -0.05) is 23.2 Å². The molecule has 8 heteroatoms. The van der Waals surface area contributed by atoms with Crippen molar-refractivity contribution in [2.24, 2.45) is 0 Å². The zero-order valence-corrected chi connectivity index (χ0v) is 10.6. The van der Waals surface area contributed by atoms with Gasteiger partial charge in [-0.25, -0.2) is 9.59 Å². The van der Waals surface area contributed by atoms with Gasteiger partial charge in [0.15, 0.2) is 0 Å². The molecule has 0 aliphatic rings. The van der Waals surface area contributed by atoms with E-state index in [4.69, 9.17) is 23.2 Å². The number of ether oxygens (including phenoxy) is 1. The summed E-state index contributed by atoms with van der Waals surface area (Å²) in [4.78, 5) is 25.1. The Bertz CT molecular complexity index is 663. The van der Waals surface area contributed by atoms with Gasteiger partial charge in [0, 0.05) is 0 Å². The zero-order chi connectivity index (χ0) is 13.3. The minimum Gasteiger partial charge on any atom is -0.463 e. The summed E-state index contributed by atoms with van der Waals surface area (Å²) in [5, 5.41) is 4.43. The van der Waals surface area contributed by atoms with Gasteiger partial charge in [-0.15, -0.1) is 5.10 Å². The van der Waals surface area contributed by atoms with Crippen LogP contribution in [-0.4, -0.2) is 27.8 Å². The van der Waals surface area contributed by atoms with Gasteiger partial charge in [0.05, 0.1) is 22.8 Å². The third kappa shape index (κ3) is 2.25. The smallest absolute Gasteiger partial charge is 0.376 e. The van der Waals surface area contributed by atoms with Crippen molar-refractivity contribution in [2.45, 2.75) is 0 Å². The molecule has 0 atom stereocenters. The number of H-pyrrole nitrogens is 1. The van der Waals surface area contributed by atoms with Gasteiger partial charge in [-0.2, -0.15) is 4.68 Å². The van der Waals surface area contributed by atoms with E-state index in [-0.39, 0.29) is 10.8 Å². The zero-order valence-electron chi connectivity index (χ0n) is 9.11. The van der Waals surface area contributed by atoms with Crippen LogP contribution in [0.1, 0.15) is 10.6 Å². The molecule has 0 aliphatic heterocycles. The van der Waals surface area contributed by atoms with Crippen LogP contribution in [-0.2, 0) is 4.74 Å². The molecule has 18 heavy (non-hydrogen) atoms. The first kappa shape index (κ1) is 12.7. The first-order chi connectivity index (χ1) is 8.52. The van der Waals surface area contributed by atoms with Crippen LogP contribution < -0.4 is 5.69 Å². The number of esters is 1. The van der Waals surface area contributed by atoms with Gasteiger partial charge in [0.2, 0.25) is 5.82 Å². The fourth-order valence-corrected chi connectivity index (χ4v) is 1.60. The summed E-state index contributed by atoms with van der Waals surface area (Å²) in [7, 11) is 1.19. The van der Waals surface area contributed by atoms with E-state index >= 15 is 0 Å². The third-order valence-electron chi connectivity index (χ3n) is 2.14. The predicted molar refractivity (Wildman–Crippen MR) is 65.5 cm³/mol. The van der Waals surface area contributed by atoms with Crippen LogP contribution in [0.4, 0.5) is 0 Å². The molecule has 94 valence electrons. The molecule has 6 nitrogen and oxygen atoms in total. The maximum Gasteiger partial charge on any atom is 0.376 e. The van der Waals surface area contributed by atoms with Crippen LogP contribution in [0.15, 0.2) is 23.0 Å². The summed E-state index contributed by atoms with van der Waals surface area (Å²) in [6.07, 6.45) is 0. The van der Waals surface area contributed by atoms with E-state index in [1.807, 2.05) is 0 Å². The Labute approximate surface area is 111 Å². The van der Waals surface area contributed by atoms with E-state index in [1.54, 1.807) is 6.07 Å². The number of nitrogens with one attached hydrogen (secondary N) is 1. The van der Waals surface area contributed by atoms with Gasteiger partial charge in [-0.3, -0.25) is 4.98 Å². The molecule has 0 fully saturated rings. The lowest BCUT2D eigenvalue weighted by Crippen LogP contribution is -2.15. The highest BCUT2D eigenvalue weighted by Crippen LogP contribution is 2.23. The van der Waals surface area contributed by atoms with E-state index in [0.29, 0.717) is 10.7 Å². The normalized spacial score (nSPS) is 10.4. The molecule has 1 N–H and O–H groups in total. The summed E-state index contributed by atoms with van der Waals surface area (Å²) in [6, 6.07) is 4.54. The van der Waals surface area contributed by atoms with E-state index in [9.17, 15) is 9.59 Å². The first-order valence-corrected chi connectivity index (χ1v) is 5.51. The number of carbonyl (C=O) groups excluding carboxylic acids is 1. The monoisotopic (exact) mass is 287 g/mol. The van der Waals surface area contributed by atoms with E-state index < -0.39 is 11.7 Å². The Hall–Kier alpha value is -1.79. The Morgan fingerprint density at radius 3 is 2.72 bits per heavy atom. The lowest BCUT2D eigenvalue weighted by Gasteiger charge is -2.01. The van der Waals surface area contributed by atoms with Crippen LogP contribution in [0.3, 0.4) is 0 Å². The molecule has 0 spiro atoms. The van der Waals surface area contributed by atoms with E-state index in [0.717, 1.165) is 4.68 Å². The van der Waals surface area contributed by atoms with Crippen LogP contribution in [0.5, 0.6) is 0 Å². The number of nitrogens with zero attached hydrogens (tertiary/aromatic N) is 2. The number of benzene rings is 1. The number of carbonyl (C=O) groups is 1. The van der Waals surface area contributed by atoms with Crippen molar-refractivity contribution in [1.82, 2.24) is 14.8 Å². The molecule has 1 aromatic heterocycles. The number of methoxy groups -OCH3 is 1. The van der Waals surface area contributed by atoms with Gasteiger partial charge >= 0.3 is 11.7 Å². The Morgan fingerprint density at radius 1 is 1.39 bits per heavy atom. The maximum atomic E-state index is 11.6. The van der Waals surface area contributed by atoms with Crippen LogP contribution >= 0.6 is 23.2 Å². The standard InChI is InChI=1S/C10H7Cl2N3O3/c1-18-9(16)8-13-10(17)15(14-8)5-2-3-6(11)7(12)4-5/h2-4H,1H3,(H,13,14,17). The van der Waals surface area contributed by atoms with Crippen molar-refractivity contribution in [3.05, 3.63) is 44.6 Å². The van der Waals surface area contributed by atoms with E-state index in [1.165, 1.54) is 19.2 Å². The Morgan fingerprint density at radius 2 is 2.11 bits per heavy atom. The second-order valence-electron chi connectivity index (χ2n) is 3.28. The van der Waals surface area contributed by atoms with Crippen molar-refractivity contribution in [3.63, 3.8) is 0 Å². The van der Waals surface area contributed by atoms with Crippen LogP contribution in [0.2, 0.25) is 10.0 Å². The van der Waals surface area contributed by atoms with Crippen molar-refractivity contribution in [2.75, 3.05) is 7.11 Å². The van der Waals surface area contributed by atoms with Crippen molar-refractivity contribution < 1.29 is 9.53 Å². The molecule has 0 unspecified atom stereocenters. The van der Waals surface area contributed by atoms with Crippen molar-refractivity contribution >= 4 is 29.2 Å². The minimum atomic E-state index is -0.731. The fraction of sp³-hybridized carbons (Fsp3) is 0.100. The molecule has 2 rings (SSSR count). The molecule has 1 heterocycles. The molecule has 0 bridgehead atoms. The van der Waals surface area contributed by atoms with Crippen LogP contribution in [0, 0.1) is 0 Å². The third-order valence-corrected chi connectivity index (χ3v) is 2.88. The second kappa shape index (κ2) is 4.83. The number of hydrogen-bond donors (Lipinski definition) is 1. The number of aromatic amines is 1. The number of halogens is 2. The average molecular weight is 288 g/mol. The van der Waals surface area contributed by atoms with Gasteiger partial charge in [-0.05, 0) is 18.2 Å². The highest BCUT2D eigenvalue weighted by Gasteiger charge is 2.14. The molecule has 0 radical (unpaired) electrons. The summed E-state index contributed by atoms with van der Waals surface area (Å²) in [6.45, 7) is 0. The highest BCUT2D eigenvalue weighted by molar-refractivity contribution is 6.42. The SMILES string of the molecule is COC(=O)c1nn(-c2ccc(Cl)c(Cl)c2)c(=O)[nH]1. The number of hydrogen-bond acceptors (Lipinski definition) is 4. The molecule has 1 aromatic carbocycles. The molecule has 0 amide bonds. The first-order valence-electron chi connectivity index (χ1n) is 4.76. The van der Waals surface area contributed by atoms with E-state index in [2.05, 4.69) is 14.8 Å². The summed E-state index contributed by atoms with van der Waals surface area (Å²) in [5.41, 5.74) is -0.186. The summed E-state index contributed by atoms with van der Waals surface area (Å²) >= 11 is 11.6. The fourth-order valence-electron chi connectivity index (χ4n) is 1.30.